The number of piperazine rings is 1. The van der Waals surface area contributed by atoms with Gasteiger partial charge in [-0.2, -0.15) is 0 Å². The summed E-state index contributed by atoms with van der Waals surface area (Å²) in [7, 11) is 1.63. The van der Waals surface area contributed by atoms with E-state index in [1.807, 2.05) is 13.8 Å². The molecule has 116 valence electrons. The number of carbonyl (C=O) groups is 1. The second kappa shape index (κ2) is 8.51. The van der Waals surface area contributed by atoms with Crippen LogP contribution in [0.25, 0.3) is 0 Å². The number of methoxy groups -OCH3 is 1. The van der Waals surface area contributed by atoms with E-state index in [-0.39, 0.29) is 18.0 Å². The van der Waals surface area contributed by atoms with Crippen molar-refractivity contribution in [1.82, 2.24) is 15.1 Å². The van der Waals surface area contributed by atoms with E-state index in [1.165, 1.54) is 0 Å². The highest BCUT2D eigenvalue weighted by molar-refractivity contribution is 7.80. The molecule has 1 heterocycles. The Kier molecular flexibility index (Phi) is 7.36. The fourth-order valence-corrected chi connectivity index (χ4v) is 2.45. The minimum atomic E-state index is 0.0448. The van der Waals surface area contributed by atoms with E-state index >= 15 is 0 Å². The Labute approximate surface area is 126 Å². The Balaban J connectivity index is 2.28. The van der Waals surface area contributed by atoms with E-state index in [4.69, 9.17) is 22.7 Å². The molecule has 0 aromatic carbocycles. The number of nitrogens with one attached hydrogen (secondary N) is 1. The van der Waals surface area contributed by atoms with Crippen molar-refractivity contribution in [3.63, 3.8) is 0 Å². The number of nitrogens with two attached hydrogens (primary N) is 1. The van der Waals surface area contributed by atoms with Gasteiger partial charge in [0.25, 0.3) is 0 Å². The molecule has 0 aromatic heterocycles. The molecule has 1 rings (SSSR count). The standard InChI is InChI=1S/C13H26N4O2S/c1-10(9-19-3)15-12(18)8-16-4-6-17(7-5-16)11(2)13(14)20/h10-11H,4-9H2,1-3H3,(H2,14,20)(H,15,18). The van der Waals surface area contributed by atoms with Gasteiger partial charge in [0.2, 0.25) is 5.91 Å². The lowest BCUT2D eigenvalue weighted by Gasteiger charge is -2.37. The van der Waals surface area contributed by atoms with Crippen molar-refractivity contribution in [2.24, 2.45) is 5.73 Å². The summed E-state index contributed by atoms with van der Waals surface area (Å²) in [5, 5.41) is 2.92. The second-order valence-corrected chi connectivity index (χ2v) is 5.79. The van der Waals surface area contributed by atoms with Crippen molar-refractivity contribution < 1.29 is 9.53 Å². The molecule has 2 atom stereocenters. The average Bonchev–Trinajstić information content (AvgIpc) is 2.38. The molecular formula is C13H26N4O2S. The van der Waals surface area contributed by atoms with Crippen LogP contribution in [0.1, 0.15) is 13.8 Å². The first-order chi connectivity index (χ1) is 9.43. The third-order valence-corrected chi connectivity index (χ3v) is 3.90. The van der Waals surface area contributed by atoms with E-state index in [9.17, 15) is 4.79 Å². The molecule has 0 aromatic rings. The number of thiocarbonyl (C=S) groups is 1. The van der Waals surface area contributed by atoms with Gasteiger partial charge in [0.15, 0.2) is 0 Å². The Morgan fingerprint density at radius 1 is 1.35 bits per heavy atom. The maximum absolute atomic E-state index is 11.9. The van der Waals surface area contributed by atoms with Gasteiger partial charge in [-0.15, -0.1) is 0 Å². The van der Waals surface area contributed by atoms with Gasteiger partial charge in [-0.3, -0.25) is 14.6 Å². The van der Waals surface area contributed by atoms with E-state index in [0.29, 0.717) is 18.1 Å². The Hall–Kier alpha value is -0.760. The zero-order valence-corrected chi connectivity index (χ0v) is 13.4. The van der Waals surface area contributed by atoms with E-state index < -0.39 is 0 Å². The Morgan fingerprint density at radius 2 is 1.95 bits per heavy atom. The molecule has 0 spiro atoms. The van der Waals surface area contributed by atoms with E-state index in [0.717, 1.165) is 26.2 Å². The van der Waals surface area contributed by atoms with Crippen LogP contribution in [0.15, 0.2) is 0 Å². The molecule has 2 unspecified atom stereocenters. The normalized spacial score (nSPS) is 20.4. The van der Waals surface area contributed by atoms with Gasteiger partial charge in [-0.05, 0) is 13.8 Å². The fraction of sp³-hybridized carbons (Fsp3) is 0.846. The summed E-state index contributed by atoms with van der Waals surface area (Å²) in [6.07, 6.45) is 0. The zero-order chi connectivity index (χ0) is 15.1. The molecule has 0 aliphatic carbocycles. The van der Waals surface area contributed by atoms with Crippen LogP contribution >= 0.6 is 12.2 Å². The van der Waals surface area contributed by atoms with Crippen LogP contribution in [-0.4, -0.2) is 79.2 Å². The summed E-state index contributed by atoms with van der Waals surface area (Å²) in [5.41, 5.74) is 5.67. The third-order valence-electron chi connectivity index (χ3n) is 3.56. The van der Waals surface area contributed by atoms with Crippen LogP contribution in [-0.2, 0) is 9.53 Å². The lowest BCUT2D eigenvalue weighted by Crippen LogP contribution is -2.54. The number of nitrogens with zero attached hydrogens (tertiary/aromatic N) is 2. The predicted octanol–water partition coefficient (Wildman–Crippen LogP) is -0.570. The molecule has 1 aliphatic rings. The molecule has 7 heteroatoms. The van der Waals surface area contributed by atoms with Crippen LogP contribution in [0.4, 0.5) is 0 Å². The molecule has 20 heavy (non-hydrogen) atoms. The zero-order valence-electron chi connectivity index (χ0n) is 12.6. The minimum absolute atomic E-state index is 0.0448. The highest BCUT2D eigenvalue weighted by Gasteiger charge is 2.23. The first kappa shape index (κ1) is 17.3. The van der Waals surface area contributed by atoms with Crippen LogP contribution in [0, 0.1) is 0 Å². The van der Waals surface area contributed by atoms with Crippen molar-refractivity contribution in [1.29, 1.82) is 0 Å². The molecular weight excluding hydrogens is 276 g/mol. The van der Waals surface area contributed by atoms with Gasteiger partial charge in [0.1, 0.15) is 0 Å². The van der Waals surface area contributed by atoms with Gasteiger partial charge in [-0.25, -0.2) is 0 Å². The van der Waals surface area contributed by atoms with Crippen LogP contribution in [0.3, 0.4) is 0 Å². The molecule has 1 saturated heterocycles. The number of amides is 1. The van der Waals surface area contributed by atoms with Gasteiger partial charge in [-0.1, -0.05) is 12.2 Å². The number of hydrogen-bond acceptors (Lipinski definition) is 5. The highest BCUT2D eigenvalue weighted by atomic mass is 32.1. The van der Waals surface area contributed by atoms with Gasteiger partial charge >= 0.3 is 0 Å². The molecule has 1 fully saturated rings. The smallest absolute Gasteiger partial charge is 0.234 e. The molecule has 3 N–H and O–H groups in total. The van der Waals surface area contributed by atoms with Crippen LogP contribution < -0.4 is 11.1 Å². The number of carbonyl (C=O) groups excluding carboxylic acids is 1. The minimum Gasteiger partial charge on any atom is -0.392 e. The molecule has 1 aliphatic heterocycles. The number of hydrogen-bond donors (Lipinski definition) is 2. The SMILES string of the molecule is COCC(C)NC(=O)CN1CCN(C(C)C(N)=S)CC1. The highest BCUT2D eigenvalue weighted by Crippen LogP contribution is 2.06. The average molecular weight is 302 g/mol. The summed E-state index contributed by atoms with van der Waals surface area (Å²) in [6, 6.07) is 0.172. The number of ether oxygens (including phenoxy) is 1. The third kappa shape index (κ3) is 5.70. The molecule has 0 radical (unpaired) electrons. The predicted molar refractivity (Wildman–Crippen MR) is 83.7 cm³/mol. The van der Waals surface area contributed by atoms with Crippen molar-refractivity contribution in [3.8, 4) is 0 Å². The lowest BCUT2D eigenvalue weighted by molar-refractivity contribution is -0.123. The molecule has 0 saturated carbocycles. The number of rotatable bonds is 7. The second-order valence-electron chi connectivity index (χ2n) is 5.31. The topological polar surface area (TPSA) is 70.8 Å². The van der Waals surface area contributed by atoms with Crippen LogP contribution in [0.2, 0.25) is 0 Å². The Morgan fingerprint density at radius 3 is 2.45 bits per heavy atom. The molecule has 1 amide bonds. The summed E-state index contributed by atoms with van der Waals surface area (Å²) in [6.45, 7) is 8.42. The quantitative estimate of drug-likeness (QED) is 0.614. The largest absolute Gasteiger partial charge is 0.392 e. The van der Waals surface area contributed by atoms with Gasteiger partial charge in [0.05, 0.1) is 24.2 Å². The summed E-state index contributed by atoms with van der Waals surface area (Å²) in [5.74, 6) is 0.0467. The van der Waals surface area contributed by atoms with Gasteiger partial charge in [0, 0.05) is 39.3 Å². The first-order valence-corrected chi connectivity index (χ1v) is 7.39. The molecule has 0 bridgehead atoms. The summed E-state index contributed by atoms with van der Waals surface area (Å²) in [4.78, 5) is 16.8. The maximum Gasteiger partial charge on any atom is 0.234 e. The lowest BCUT2D eigenvalue weighted by atomic mass is 10.2. The van der Waals surface area contributed by atoms with Crippen molar-refractivity contribution in [2.45, 2.75) is 25.9 Å². The maximum atomic E-state index is 11.9. The monoisotopic (exact) mass is 302 g/mol. The fourth-order valence-electron chi connectivity index (χ4n) is 2.30. The first-order valence-electron chi connectivity index (χ1n) is 6.98. The van der Waals surface area contributed by atoms with Crippen molar-refractivity contribution >= 4 is 23.1 Å². The van der Waals surface area contributed by atoms with Gasteiger partial charge < -0.3 is 15.8 Å². The summed E-state index contributed by atoms with van der Waals surface area (Å²) < 4.78 is 5.00. The van der Waals surface area contributed by atoms with Crippen molar-refractivity contribution in [3.05, 3.63) is 0 Å². The Bertz CT molecular complexity index is 332. The van der Waals surface area contributed by atoms with Crippen LogP contribution in [0.5, 0.6) is 0 Å². The van der Waals surface area contributed by atoms with Crippen molar-refractivity contribution in [2.75, 3.05) is 46.4 Å². The molecule has 6 nitrogen and oxygen atoms in total. The van der Waals surface area contributed by atoms with E-state index in [1.54, 1.807) is 7.11 Å². The van der Waals surface area contributed by atoms with E-state index in [2.05, 4.69) is 15.1 Å². The summed E-state index contributed by atoms with van der Waals surface area (Å²) >= 11 is 5.02.